The predicted molar refractivity (Wildman–Crippen MR) is 62.8 cm³/mol. The van der Waals surface area contributed by atoms with Crippen molar-refractivity contribution in [2.45, 2.75) is 26.9 Å². The molecule has 0 aliphatic heterocycles. The molecular weight excluding hydrogens is 192 g/mol. The van der Waals surface area contributed by atoms with Crippen molar-refractivity contribution in [3.63, 3.8) is 0 Å². The number of aliphatic hydroxyl groups excluding tert-OH is 1. The Labute approximate surface area is 93.4 Å². The summed E-state index contributed by atoms with van der Waals surface area (Å²) in [5, 5.41) is 9.62. The van der Waals surface area contributed by atoms with Gasteiger partial charge in [-0.25, -0.2) is 0 Å². The fourth-order valence-electron chi connectivity index (χ4n) is 1.53. The van der Waals surface area contributed by atoms with Crippen LogP contribution in [0.25, 0.3) is 0 Å². The maximum atomic E-state index is 9.62. The van der Waals surface area contributed by atoms with Crippen molar-refractivity contribution in [2.75, 3.05) is 39.9 Å². The monoisotopic (exact) mass is 218 g/mol. The number of ether oxygens (including phenoxy) is 1. The minimum atomic E-state index is -0.413. The van der Waals surface area contributed by atoms with Gasteiger partial charge in [0.15, 0.2) is 0 Å². The van der Waals surface area contributed by atoms with Crippen LogP contribution in [-0.2, 0) is 4.74 Å². The van der Waals surface area contributed by atoms with Crippen LogP contribution in [0.15, 0.2) is 0 Å². The quantitative estimate of drug-likeness (QED) is 0.615. The molecule has 92 valence electrons. The molecule has 0 amide bonds. The van der Waals surface area contributed by atoms with E-state index in [2.05, 4.69) is 18.7 Å². The second-order valence-corrected chi connectivity index (χ2v) is 4.88. The SMILES string of the molecule is CCOCC(O)CN(C)CC(C)(C)CN. The summed E-state index contributed by atoms with van der Waals surface area (Å²) >= 11 is 0. The van der Waals surface area contributed by atoms with Crippen LogP contribution in [0.3, 0.4) is 0 Å². The Morgan fingerprint density at radius 3 is 2.53 bits per heavy atom. The first-order chi connectivity index (χ1) is 6.91. The van der Waals surface area contributed by atoms with Gasteiger partial charge in [0, 0.05) is 19.7 Å². The third kappa shape index (κ3) is 7.73. The number of hydrogen-bond donors (Lipinski definition) is 2. The van der Waals surface area contributed by atoms with Gasteiger partial charge in [0.25, 0.3) is 0 Å². The highest BCUT2D eigenvalue weighted by atomic mass is 16.5. The standard InChI is InChI=1S/C11H26N2O2/c1-5-15-7-10(14)6-13(4)9-11(2,3)8-12/h10,14H,5-9,12H2,1-4H3. The molecule has 4 nitrogen and oxygen atoms in total. The highest BCUT2D eigenvalue weighted by Gasteiger charge is 2.19. The third-order valence-corrected chi connectivity index (χ3v) is 2.29. The van der Waals surface area contributed by atoms with Crippen LogP contribution in [0, 0.1) is 5.41 Å². The first-order valence-electron chi connectivity index (χ1n) is 5.55. The van der Waals surface area contributed by atoms with Crippen molar-refractivity contribution >= 4 is 0 Å². The normalized spacial score (nSPS) is 14.6. The van der Waals surface area contributed by atoms with E-state index in [1.54, 1.807) is 0 Å². The molecule has 0 saturated carbocycles. The second-order valence-electron chi connectivity index (χ2n) is 4.88. The van der Waals surface area contributed by atoms with Gasteiger partial charge in [-0.2, -0.15) is 0 Å². The molecule has 0 heterocycles. The smallest absolute Gasteiger partial charge is 0.0900 e. The van der Waals surface area contributed by atoms with Crippen LogP contribution in [0.4, 0.5) is 0 Å². The van der Waals surface area contributed by atoms with Crippen molar-refractivity contribution in [2.24, 2.45) is 11.1 Å². The summed E-state index contributed by atoms with van der Waals surface area (Å²) in [6.45, 7) is 9.39. The molecule has 0 aromatic rings. The van der Waals surface area contributed by atoms with Gasteiger partial charge in [-0.05, 0) is 25.9 Å². The number of nitrogens with zero attached hydrogens (tertiary/aromatic N) is 1. The van der Waals surface area contributed by atoms with Crippen LogP contribution in [0.5, 0.6) is 0 Å². The summed E-state index contributed by atoms with van der Waals surface area (Å²) < 4.78 is 5.15. The van der Waals surface area contributed by atoms with Gasteiger partial charge in [-0.1, -0.05) is 13.8 Å². The van der Waals surface area contributed by atoms with E-state index in [1.807, 2.05) is 14.0 Å². The van der Waals surface area contributed by atoms with E-state index in [1.165, 1.54) is 0 Å². The van der Waals surface area contributed by atoms with E-state index in [0.29, 0.717) is 26.3 Å². The van der Waals surface area contributed by atoms with Crippen molar-refractivity contribution < 1.29 is 9.84 Å². The molecule has 0 bridgehead atoms. The molecule has 0 rings (SSSR count). The van der Waals surface area contributed by atoms with Gasteiger partial charge in [-0.3, -0.25) is 0 Å². The predicted octanol–water partition coefficient (Wildman–Crippen LogP) is 0.301. The van der Waals surface area contributed by atoms with E-state index < -0.39 is 6.10 Å². The molecular formula is C11H26N2O2. The van der Waals surface area contributed by atoms with Gasteiger partial charge in [-0.15, -0.1) is 0 Å². The number of nitrogens with two attached hydrogens (primary N) is 1. The summed E-state index contributed by atoms with van der Waals surface area (Å²) in [6.07, 6.45) is -0.413. The molecule has 0 saturated heterocycles. The van der Waals surface area contributed by atoms with Crippen molar-refractivity contribution in [1.29, 1.82) is 0 Å². The summed E-state index contributed by atoms with van der Waals surface area (Å²) in [4.78, 5) is 2.09. The molecule has 0 aliphatic rings. The summed E-state index contributed by atoms with van der Waals surface area (Å²) in [6, 6.07) is 0. The van der Waals surface area contributed by atoms with E-state index in [9.17, 15) is 5.11 Å². The van der Waals surface area contributed by atoms with Gasteiger partial charge in [0.1, 0.15) is 0 Å². The molecule has 0 spiro atoms. The maximum absolute atomic E-state index is 9.62. The number of likely N-dealkylation sites (N-methyl/N-ethyl adjacent to an activating group) is 1. The zero-order valence-corrected chi connectivity index (χ0v) is 10.5. The molecule has 1 atom stereocenters. The topological polar surface area (TPSA) is 58.7 Å². The first-order valence-corrected chi connectivity index (χ1v) is 5.55. The Balaban J connectivity index is 3.77. The highest BCUT2D eigenvalue weighted by molar-refractivity contribution is 4.74. The molecule has 3 N–H and O–H groups in total. The van der Waals surface area contributed by atoms with Gasteiger partial charge in [0.05, 0.1) is 12.7 Å². The Morgan fingerprint density at radius 1 is 1.47 bits per heavy atom. The first kappa shape index (κ1) is 14.8. The molecule has 0 aromatic heterocycles. The lowest BCUT2D eigenvalue weighted by Crippen LogP contribution is -2.41. The molecule has 0 aliphatic carbocycles. The van der Waals surface area contributed by atoms with Gasteiger partial charge >= 0.3 is 0 Å². The highest BCUT2D eigenvalue weighted by Crippen LogP contribution is 2.13. The van der Waals surface area contributed by atoms with Crippen molar-refractivity contribution in [3.05, 3.63) is 0 Å². The Kier molecular flexibility index (Phi) is 7.09. The summed E-state index contributed by atoms with van der Waals surface area (Å²) in [5.74, 6) is 0. The van der Waals surface area contributed by atoms with Crippen LogP contribution < -0.4 is 5.73 Å². The third-order valence-electron chi connectivity index (χ3n) is 2.29. The molecule has 0 aromatic carbocycles. The Morgan fingerprint density at radius 2 is 2.07 bits per heavy atom. The average molecular weight is 218 g/mol. The fraction of sp³-hybridized carbons (Fsp3) is 1.00. The number of rotatable bonds is 8. The zero-order chi connectivity index (χ0) is 11.9. The Hall–Kier alpha value is -0.160. The average Bonchev–Trinajstić information content (AvgIpc) is 2.13. The van der Waals surface area contributed by atoms with Crippen molar-refractivity contribution in [3.8, 4) is 0 Å². The number of aliphatic hydroxyl groups is 1. The lowest BCUT2D eigenvalue weighted by atomic mass is 9.93. The number of hydrogen-bond acceptors (Lipinski definition) is 4. The maximum Gasteiger partial charge on any atom is 0.0900 e. The van der Waals surface area contributed by atoms with Crippen LogP contribution in [0.2, 0.25) is 0 Å². The van der Waals surface area contributed by atoms with E-state index in [4.69, 9.17) is 10.5 Å². The van der Waals surface area contributed by atoms with Gasteiger partial charge < -0.3 is 20.5 Å². The summed E-state index contributed by atoms with van der Waals surface area (Å²) in [7, 11) is 1.99. The second kappa shape index (κ2) is 7.17. The van der Waals surface area contributed by atoms with E-state index in [0.717, 1.165) is 6.54 Å². The Bertz CT molecular complexity index is 163. The lowest BCUT2D eigenvalue weighted by Gasteiger charge is -2.30. The summed E-state index contributed by atoms with van der Waals surface area (Å²) in [5.41, 5.74) is 5.75. The largest absolute Gasteiger partial charge is 0.389 e. The minimum Gasteiger partial charge on any atom is -0.389 e. The molecule has 4 heteroatoms. The lowest BCUT2D eigenvalue weighted by molar-refractivity contribution is 0.0205. The van der Waals surface area contributed by atoms with Crippen molar-refractivity contribution in [1.82, 2.24) is 4.90 Å². The molecule has 0 radical (unpaired) electrons. The minimum absolute atomic E-state index is 0.0973. The van der Waals surface area contributed by atoms with Crippen LogP contribution in [-0.4, -0.2) is 56.0 Å². The molecule has 0 fully saturated rings. The van der Waals surface area contributed by atoms with Crippen LogP contribution >= 0.6 is 0 Å². The molecule has 1 unspecified atom stereocenters. The van der Waals surface area contributed by atoms with Gasteiger partial charge in [0.2, 0.25) is 0 Å². The van der Waals surface area contributed by atoms with E-state index >= 15 is 0 Å². The fourth-order valence-corrected chi connectivity index (χ4v) is 1.53. The molecule has 15 heavy (non-hydrogen) atoms. The zero-order valence-electron chi connectivity index (χ0n) is 10.5. The van der Waals surface area contributed by atoms with Crippen LogP contribution in [0.1, 0.15) is 20.8 Å². The van der Waals surface area contributed by atoms with E-state index in [-0.39, 0.29) is 5.41 Å².